The number of hydrogen-bond donors (Lipinski definition) is 2. The number of carbonyl (C=O) groups is 1. The molecule has 2 N–H and O–H groups in total. The second-order valence-corrected chi connectivity index (χ2v) is 12.1. The highest BCUT2D eigenvalue weighted by atomic mass is 32.2. The third kappa shape index (κ3) is 4.41. The van der Waals surface area contributed by atoms with Gasteiger partial charge in [0.25, 0.3) is 10.0 Å². The van der Waals surface area contributed by atoms with Crippen molar-refractivity contribution in [2.75, 3.05) is 10.0 Å². The van der Waals surface area contributed by atoms with Crippen LogP contribution in [-0.2, 0) is 27.7 Å². The summed E-state index contributed by atoms with van der Waals surface area (Å²) in [5.41, 5.74) is 3.27. The Hall–Kier alpha value is -3.32. The van der Waals surface area contributed by atoms with E-state index in [1.165, 1.54) is 24.6 Å². The smallest absolute Gasteiger partial charge is 0.261 e. The summed E-state index contributed by atoms with van der Waals surface area (Å²) in [6.45, 7) is 8.23. The summed E-state index contributed by atoms with van der Waals surface area (Å²) in [5, 5.41) is 5.31. The van der Waals surface area contributed by atoms with Gasteiger partial charge in [0, 0.05) is 40.8 Å². The van der Waals surface area contributed by atoms with E-state index in [9.17, 15) is 13.2 Å². The molecule has 0 spiro atoms. The molecule has 182 valence electrons. The first kappa shape index (κ1) is 23.4. The van der Waals surface area contributed by atoms with Crippen LogP contribution in [0.4, 0.5) is 11.4 Å². The molecule has 6 nitrogen and oxygen atoms in total. The molecule has 5 rings (SSSR count). The van der Waals surface area contributed by atoms with Crippen LogP contribution in [0.15, 0.2) is 63.9 Å². The van der Waals surface area contributed by atoms with Crippen molar-refractivity contribution < 1.29 is 17.6 Å². The van der Waals surface area contributed by atoms with E-state index in [0.717, 1.165) is 46.8 Å². The summed E-state index contributed by atoms with van der Waals surface area (Å²) in [4.78, 5) is 11.4. The number of benzene rings is 3. The van der Waals surface area contributed by atoms with Gasteiger partial charge in [0.05, 0.1) is 10.6 Å². The van der Waals surface area contributed by atoms with Gasteiger partial charge < -0.3 is 9.73 Å². The monoisotopic (exact) mass is 490 g/mol. The van der Waals surface area contributed by atoms with Crippen molar-refractivity contribution in [3.8, 4) is 0 Å². The van der Waals surface area contributed by atoms with Crippen molar-refractivity contribution in [1.29, 1.82) is 0 Å². The maximum atomic E-state index is 13.3. The number of rotatable bonds is 4. The van der Waals surface area contributed by atoms with E-state index in [-0.39, 0.29) is 16.2 Å². The lowest BCUT2D eigenvalue weighted by molar-refractivity contribution is -0.114. The van der Waals surface area contributed by atoms with Crippen LogP contribution in [0.2, 0.25) is 0 Å². The van der Waals surface area contributed by atoms with Gasteiger partial charge in [-0.25, -0.2) is 8.42 Å². The Balaban J connectivity index is 1.59. The predicted octanol–water partition coefficient (Wildman–Crippen LogP) is 6.50. The molecule has 0 fully saturated rings. The van der Waals surface area contributed by atoms with E-state index in [1.807, 2.05) is 30.3 Å². The Morgan fingerprint density at radius 2 is 1.69 bits per heavy atom. The molecule has 1 unspecified atom stereocenters. The van der Waals surface area contributed by atoms with Gasteiger partial charge in [-0.15, -0.1) is 0 Å². The first-order chi connectivity index (χ1) is 16.5. The molecule has 35 heavy (non-hydrogen) atoms. The molecule has 1 amide bonds. The molecule has 0 radical (unpaired) electrons. The van der Waals surface area contributed by atoms with Gasteiger partial charge >= 0.3 is 0 Å². The van der Waals surface area contributed by atoms with Crippen LogP contribution >= 0.6 is 0 Å². The van der Waals surface area contributed by atoms with E-state index in [2.05, 4.69) is 30.8 Å². The van der Waals surface area contributed by atoms with Crippen molar-refractivity contribution in [2.45, 2.75) is 51.9 Å². The standard InChI is InChI=1S/C28H30N2O4S/c1-17(31)29-19-10-12-20(13-11-19)35(32,33)30-25-16-24-23-15-18(28(2,3)4)9-14-26(23)34-27(24)22-8-6-5-7-21(22)25/h5-8,10-13,16,18,30H,9,14-15H2,1-4H3,(H,29,31). The molecule has 0 aliphatic heterocycles. The van der Waals surface area contributed by atoms with Crippen LogP contribution in [0, 0.1) is 11.3 Å². The van der Waals surface area contributed by atoms with Crippen LogP contribution in [0.3, 0.4) is 0 Å². The number of anilines is 2. The van der Waals surface area contributed by atoms with Gasteiger partial charge in [-0.3, -0.25) is 9.52 Å². The quantitative estimate of drug-likeness (QED) is 0.342. The second kappa shape index (κ2) is 8.41. The van der Waals surface area contributed by atoms with Gasteiger partial charge in [-0.05, 0) is 54.5 Å². The minimum atomic E-state index is -3.85. The molecular formula is C28H30N2O4S. The lowest BCUT2D eigenvalue weighted by Crippen LogP contribution is -2.26. The number of sulfonamides is 1. The number of amides is 1. The minimum Gasteiger partial charge on any atom is -0.460 e. The Kier molecular flexibility index (Phi) is 5.63. The molecule has 1 aliphatic rings. The minimum absolute atomic E-state index is 0.123. The number of aryl methyl sites for hydroxylation is 1. The summed E-state index contributed by atoms with van der Waals surface area (Å²) < 4.78 is 35.8. The first-order valence-corrected chi connectivity index (χ1v) is 13.4. The van der Waals surface area contributed by atoms with Crippen molar-refractivity contribution in [2.24, 2.45) is 11.3 Å². The third-order valence-electron chi connectivity index (χ3n) is 7.01. The summed E-state index contributed by atoms with van der Waals surface area (Å²) in [5.74, 6) is 1.33. The average Bonchev–Trinajstić information content (AvgIpc) is 3.16. The highest BCUT2D eigenvalue weighted by Crippen LogP contribution is 2.44. The molecule has 0 saturated heterocycles. The molecule has 0 saturated carbocycles. The van der Waals surface area contributed by atoms with Crippen LogP contribution in [-0.4, -0.2) is 14.3 Å². The number of carbonyl (C=O) groups excluding carboxylic acids is 1. The maximum absolute atomic E-state index is 13.3. The van der Waals surface area contributed by atoms with E-state index >= 15 is 0 Å². The fourth-order valence-electron chi connectivity index (χ4n) is 5.05. The second-order valence-electron chi connectivity index (χ2n) is 10.5. The molecule has 1 heterocycles. The largest absolute Gasteiger partial charge is 0.460 e. The topological polar surface area (TPSA) is 88.4 Å². The molecule has 1 aromatic heterocycles. The average molecular weight is 491 g/mol. The fraction of sp³-hybridized carbons (Fsp3) is 0.321. The van der Waals surface area contributed by atoms with Crippen molar-refractivity contribution in [3.63, 3.8) is 0 Å². The Bertz CT molecular complexity index is 1540. The molecular weight excluding hydrogens is 460 g/mol. The summed E-state index contributed by atoms with van der Waals surface area (Å²) in [6.07, 6.45) is 2.89. The summed E-state index contributed by atoms with van der Waals surface area (Å²) >= 11 is 0. The van der Waals surface area contributed by atoms with Gasteiger partial charge in [-0.2, -0.15) is 0 Å². The van der Waals surface area contributed by atoms with E-state index in [1.54, 1.807) is 12.1 Å². The summed E-state index contributed by atoms with van der Waals surface area (Å²) in [7, 11) is -3.85. The number of furan rings is 1. The maximum Gasteiger partial charge on any atom is 0.261 e. The van der Waals surface area contributed by atoms with Gasteiger partial charge in [0.2, 0.25) is 5.91 Å². The van der Waals surface area contributed by atoms with Crippen molar-refractivity contribution in [3.05, 3.63) is 65.9 Å². The predicted molar refractivity (Wildman–Crippen MR) is 140 cm³/mol. The number of hydrogen-bond acceptors (Lipinski definition) is 4. The molecule has 1 atom stereocenters. The lowest BCUT2D eigenvalue weighted by Gasteiger charge is -2.33. The first-order valence-electron chi connectivity index (χ1n) is 11.9. The Labute approximate surface area is 205 Å². The molecule has 1 aliphatic carbocycles. The van der Waals surface area contributed by atoms with Crippen molar-refractivity contribution >= 4 is 49.0 Å². The van der Waals surface area contributed by atoms with Gasteiger partial charge in [-0.1, -0.05) is 45.0 Å². The van der Waals surface area contributed by atoms with Gasteiger partial charge in [0.1, 0.15) is 11.3 Å². The Morgan fingerprint density at radius 3 is 2.34 bits per heavy atom. The van der Waals surface area contributed by atoms with Crippen LogP contribution in [0.25, 0.3) is 21.7 Å². The van der Waals surface area contributed by atoms with E-state index < -0.39 is 10.0 Å². The molecule has 7 heteroatoms. The summed E-state index contributed by atoms with van der Waals surface area (Å²) in [6, 6.07) is 15.8. The molecule has 4 aromatic rings. The zero-order valence-electron chi connectivity index (χ0n) is 20.4. The van der Waals surface area contributed by atoms with E-state index in [4.69, 9.17) is 4.42 Å². The number of nitrogens with one attached hydrogen (secondary N) is 2. The van der Waals surface area contributed by atoms with E-state index in [0.29, 0.717) is 17.3 Å². The van der Waals surface area contributed by atoms with Gasteiger partial charge in [0.15, 0.2) is 0 Å². The van der Waals surface area contributed by atoms with Crippen molar-refractivity contribution in [1.82, 2.24) is 0 Å². The third-order valence-corrected chi connectivity index (χ3v) is 8.39. The van der Waals surface area contributed by atoms with Crippen LogP contribution < -0.4 is 10.0 Å². The normalized spacial score (nSPS) is 16.3. The number of fused-ring (bicyclic) bond motifs is 5. The SMILES string of the molecule is CC(=O)Nc1ccc(S(=O)(=O)Nc2cc3c4c(oc3c3ccccc23)CCC(C(C)(C)C)C4)cc1. The lowest BCUT2D eigenvalue weighted by atomic mass is 9.71. The Morgan fingerprint density at radius 1 is 1.00 bits per heavy atom. The molecule has 3 aromatic carbocycles. The zero-order valence-corrected chi connectivity index (χ0v) is 21.3. The highest BCUT2D eigenvalue weighted by Gasteiger charge is 2.32. The van der Waals surface area contributed by atoms with Crippen LogP contribution in [0.5, 0.6) is 0 Å². The van der Waals surface area contributed by atoms with Crippen LogP contribution in [0.1, 0.15) is 45.4 Å². The fourth-order valence-corrected chi connectivity index (χ4v) is 6.12. The molecule has 0 bridgehead atoms. The highest BCUT2D eigenvalue weighted by molar-refractivity contribution is 7.92. The zero-order chi connectivity index (χ0) is 25.0.